The predicted octanol–water partition coefficient (Wildman–Crippen LogP) is 41.5. The Kier molecular flexibility index (Phi) is 75.3. The molecule has 0 spiro atoms. The molecule has 0 aliphatic rings. The Balaban J connectivity index is 1.42. The number of hydrogen-bond acceptors (Lipinski definition) is 7. The fraction of sp³-hybridized carbons (Fsp3) is 0.807. The lowest BCUT2D eigenvalue weighted by molar-refractivity contribution is 0.234. The average Bonchev–Trinajstić information content (AvgIpc) is 1.61. The zero-order chi connectivity index (χ0) is 94.6. The lowest BCUT2D eigenvalue weighted by Crippen LogP contribution is -2.07. The minimum absolute atomic E-state index is 0.0241. The van der Waals surface area contributed by atoms with Gasteiger partial charge in [0.25, 0.3) is 0 Å². The van der Waals surface area contributed by atoms with Crippen LogP contribution in [-0.4, -0.2) is 59.8 Å². The van der Waals surface area contributed by atoms with Crippen LogP contribution in [0, 0.1) is 23.3 Å². The molecular formula is C119H206F4N4O6. The summed E-state index contributed by atoms with van der Waals surface area (Å²) in [4.78, 5) is 6.16. The number of unbranched alkanes of at least 4 members (excludes halogenated alkanes) is 78. The summed E-state index contributed by atoms with van der Waals surface area (Å²) >= 11 is 0. The van der Waals surface area contributed by atoms with Gasteiger partial charge in [-0.05, 0) is 68.9 Å². The first-order chi connectivity index (χ1) is 65.7. The Morgan fingerprint density at radius 2 is 0.346 bits per heavy atom. The summed E-state index contributed by atoms with van der Waals surface area (Å²) in [6, 6.07) is 8.44. The van der Waals surface area contributed by atoms with E-state index in [2.05, 4.69) is 61.7 Å². The van der Waals surface area contributed by atoms with Crippen molar-refractivity contribution in [2.24, 2.45) is 0 Å². The van der Waals surface area contributed by atoms with Crippen molar-refractivity contribution in [2.75, 3.05) is 39.6 Å². The summed E-state index contributed by atoms with van der Waals surface area (Å²) in [6.07, 6.45) is 105. The summed E-state index contributed by atoms with van der Waals surface area (Å²) in [5.74, 6) is -1.80. The van der Waals surface area contributed by atoms with Gasteiger partial charge in [0, 0.05) is 11.1 Å². The van der Waals surface area contributed by atoms with Gasteiger partial charge in [-0.2, -0.15) is 5.10 Å². The highest BCUT2D eigenvalue weighted by molar-refractivity contribution is 5.76. The number of benzene rings is 2. The molecule has 0 radical (unpaired) electrons. The van der Waals surface area contributed by atoms with E-state index < -0.39 is 23.3 Å². The van der Waals surface area contributed by atoms with Crippen molar-refractivity contribution in [1.82, 2.24) is 20.2 Å². The lowest BCUT2D eigenvalue weighted by atomic mass is 10.0. The normalized spacial score (nSPS) is 11.7. The zero-order valence-electron chi connectivity index (χ0n) is 87.4. The SMILES string of the molecule is CCCCCCCCCCCCCCCCOc1cc(-c2[nH]c(-c3cc(-c4[nH]c(-c5cc(OCCCCCCCCCCCCCCCC)c(OCCCCCCCCCCCCCCCC)c(OCCCCCCCCCCCCCCCC)c5)c(F)c4F)[nH]n3)c(F)c2F)cc(OCCCCCCCCCCCCCCCC)c1OCCCCCCCCCCCCCCCC. The van der Waals surface area contributed by atoms with Crippen LogP contribution in [0.2, 0.25) is 0 Å². The molecule has 0 unspecified atom stereocenters. The third-order valence-electron chi connectivity index (χ3n) is 28.0. The van der Waals surface area contributed by atoms with Crippen molar-refractivity contribution in [1.29, 1.82) is 0 Å². The van der Waals surface area contributed by atoms with E-state index in [1.165, 1.54) is 430 Å². The molecule has 766 valence electrons. The Bertz CT molecular complexity index is 3110. The van der Waals surface area contributed by atoms with Crippen LogP contribution in [0.1, 0.15) is 581 Å². The van der Waals surface area contributed by atoms with Crippen LogP contribution >= 0.6 is 0 Å². The molecule has 0 atom stereocenters. The molecule has 2 aromatic carbocycles. The third-order valence-corrected chi connectivity index (χ3v) is 28.0. The standard InChI is InChI=1S/C119H206F4N4O6/c1-7-13-19-25-31-37-43-49-55-61-67-73-79-85-91-128-106-97-102(98-107(129-92-86-80-74-68-62-56-50-44-38-32-26-20-14-8-2)118(106)132-95-89-83-77-71-65-59-53-47-41-35-29-23-17-11-5)114-110(120)112(122)116(124-114)104-101-105(127-126-104)117-113(123)111(121)115(125-117)103-99-108(130-93-87-81-75-69-63-57-51-45-39-33-27-21-15-9-3)119(133-96-90-84-78-72-66-60-54-48-42-36-30-24-18-12-6)109(100-103)131-94-88-82-76-70-64-58-52-46-40-34-28-22-16-10-4/h97-101,124-125H,7-96H2,1-6H3,(H,126,127). The van der Waals surface area contributed by atoms with Crippen molar-refractivity contribution in [2.45, 2.75) is 581 Å². The molecule has 0 aliphatic heterocycles. The highest BCUT2D eigenvalue weighted by Gasteiger charge is 2.29. The smallest absolute Gasteiger partial charge is 0.203 e. The van der Waals surface area contributed by atoms with Crippen LogP contribution in [0.4, 0.5) is 17.6 Å². The molecule has 5 aromatic rings. The van der Waals surface area contributed by atoms with E-state index in [0.29, 0.717) is 85.3 Å². The number of ether oxygens (including phenoxy) is 6. The van der Waals surface area contributed by atoms with E-state index in [-0.39, 0.29) is 34.2 Å². The summed E-state index contributed by atoms with van der Waals surface area (Å²) in [5, 5.41) is 7.34. The molecule has 10 nitrogen and oxygen atoms in total. The second kappa shape index (κ2) is 84.8. The number of aromatic nitrogens is 4. The molecule has 3 N–H and O–H groups in total. The van der Waals surface area contributed by atoms with Gasteiger partial charge in [0.05, 0.1) is 56.7 Å². The molecule has 0 saturated carbocycles. The molecule has 3 aromatic heterocycles. The predicted molar refractivity (Wildman–Crippen MR) is 564 cm³/mol. The number of H-pyrrole nitrogens is 3. The summed E-state index contributed by atoms with van der Waals surface area (Å²) in [6.45, 7) is 16.3. The van der Waals surface area contributed by atoms with Gasteiger partial charge in [0.15, 0.2) is 46.3 Å². The Morgan fingerprint density at radius 3 is 0.541 bits per heavy atom. The number of halogens is 4. The number of nitrogens with one attached hydrogen (secondary N) is 3. The summed E-state index contributed by atoms with van der Waals surface area (Å²) in [5.41, 5.74) is -0.0202. The first kappa shape index (κ1) is 118. The Labute approximate surface area is 815 Å². The average molecular weight is 1860 g/mol. The summed E-state index contributed by atoms with van der Waals surface area (Å²) in [7, 11) is 0. The van der Waals surface area contributed by atoms with Crippen LogP contribution in [-0.2, 0) is 0 Å². The van der Waals surface area contributed by atoms with Crippen LogP contribution < -0.4 is 28.4 Å². The quantitative estimate of drug-likeness (QED) is 0.0262. The Morgan fingerprint density at radius 1 is 0.188 bits per heavy atom. The first-order valence-corrected chi connectivity index (χ1v) is 58.0. The van der Waals surface area contributed by atoms with E-state index in [9.17, 15) is 0 Å². The van der Waals surface area contributed by atoms with E-state index in [0.717, 1.165) is 116 Å². The Hall–Kier alpha value is -5.27. The van der Waals surface area contributed by atoms with E-state index in [1.54, 1.807) is 24.3 Å². The van der Waals surface area contributed by atoms with Gasteiger partial charge in [0.2, 0.25) is 11.5 Å². The second-order valence-corrected chi connectivity index (χ2v) is 40.4. The van der Waals surface area contributed by atoms with Crippen molar-refractivity contribution >= 4 is 0 Å². The minimum Gasteiger partial charge on any atom is -0.490 e. The van der Waals surface area contributed by atoms with Gasteiger partial charge < -0.3 is 38.4 Å². The van der Waals surface area contributed by atoms with Crippen LogP contribution in [0.15, 0.2) is 30.3 Å². The number of aromatic amines is 3. The lowest BCUT2D eigenvalue weighted by Gasteiger charge is -2.19. The van der Waals surface area contributed by atoms with Crippen LogP contribution in [0.25, 0.3) is 45.3 Å². The second-order valence-electron chi connectivity index (χ2n) is 40.4. The van der Waals surface area contributed by atoms with Gasteiger partial charge in [-0.1, -0.05) is 542 Å². The molecule has 0 bridgehead atoms. The molecule has 0 saturated heterocycles. The molecule has 0 amide bonds. The summed E-state index contributed by atoms with van der Waals surface area (Å²) < 4.78 is 109. The molecule has 133 heavy (non-hydrogen) atoms. The zero-order valence-corrected chi connectivity index (χ0v) is 87.4. The largest absolute Gasteiger partial charge is 0.490 e. The maximum absolute atomic E-state index is 17.2. The number of hydrogen-bond donors (Lipinski definition) is 3. The van der Waals surface area contributed by atoms with Gasteiger partial charge in [-0.3, -0.25) is 5.10 Å². The van der Waals surface area contributed by atoms with Gasteiger partial charge in [-0.15, -0.1) is 0 Å². The first-order valence-electron chi connectivity index (χ1n) is 58.0. The monoisotopic (exact) mass is 1860 g/mol. The van der Waals surface area contributed by atoms with Crippen molar-refractivity contribution in [3.05, 3.63) is 53.6 Å². The molecular weight excluding hydrogens is 1660 g/mol. The van der Waals surface area contributed by atoms with E-state index in [4.69, 9.17) is 28.4 Å². The third kappa shape index (κ3) is 57.2. The van der Waals surface area contributed by atoms with Crippen molar-refractivity contribution in [3.63, 3.8) is 0 Å². The van der Waals surface area contributed by atoms with E-state index in [1.807, 2.05) is 0 Å². The number of nitrogens with zero attached hydrogens (tertiary/aromatic N) is 1. The van der Waals surface area contributed by atoms with Gasteiger partial charge in [-0.25, -0.2) is 17.6 Å². The fourth-order valence-corrected chi connectivity index (χ4v) is 19.3. The molecule has 3 heterocycles. The van der Waals surface area contributed by atoms with Crippen molar-refractivity contribution < 1.29 is 46.0 Å². The van der Waals surface area contributed by atoms with Gasteiger partial charge >= 0.3 is 0 Å². The van der Waals surface area contributed by atoms with Crippen LogP contribution in [0.3, 0.4) is 0 Å². The molecule has 0 aliphatic carbocycles. The van der Waals surface area contributed by atoms with Crippen LogP contribution in [0.5, 0.6) is 34.5 Å². The van der Waals surface area contributed by atoms with E-state index >= 15 is 17.6 Å². The molecule has 14 heteroatoms. The van der Waals surface area contributed by atoms with Crippen molar-refractivity contribution in [3.8, 4) is 79.8 Å². The topological polar surface area (TPSA) is 116 Å². The maximum Gasteiger partial charge on any atom is 0.203 e. The highest BCUT2D eigenvalue weighted by atomic mass is 19.2. The number of rotatable bonds is 100. The molecule has 0 fully saturated rings. The van der Waals surface area contributed by atoms with Gasteiger partial charge in [0.1, 0.15) is 17.1 Å². The fourth-order valence-electron chi connectivity index (χ4n) is 19.3. The highest BCUT2D eigenvalue weighted by Crippen LogP contribution is 2.47. The maximum atomic E-state index is 17.2. The molecule has 5 rings (SSSR count). The minimum atomic E-state index is -1.16.